The molecule has 6 heteroatoms. The third-order valence-electron chi connectivity index (χ3n) is 1.36. The van der Waals surface area contributed by atoms with Crippen molar-refractivity contribution in [2.45, 2.75) is 13.1 Å². The number of anilines is 1. The lowest BCUT2D eigenvalue weighted by molar-refractivity contribution is -0.169. The molecule has 0 unspecified atom stereocenters. The second kappa shape index (κ2) is 5.23. The van der Waals surface area contributed by atoms with Crippen molar-refractivity contribution in [3.8, 4) is 0 Å². The molecule has 0 spiro atoms. The lowest BCUT2D eigenvalue weighted by Crippen LogP contribution is -2.30. The monoisotopic (exact) mass is 220 g/mol. The molecule has 4 N–H and O–H groups in total. The quantitative estimate of drug-likeness (QED) is 0.652. The Kier molecular flexibility index (Phi) is 4.63. The molecule has 1 aromatic rings. The summed E-state index contributed by atoms with van der Waals surface area (Å²) >= 11 is 0. The topological polar surface area (TPSA) is 69.1 Å². The Balaban J connectivity index is 0.000000265. The van der Waals surface area contributed by atoms with Crippen LogP contribution in [0.4, 0.5) is 18.9 Å². The SMILES string of the molecule is Cc1ccc(N)cc1.NC(=O)C(F)(F)F. The summed E-state index contributed by atoms with van der Waals surface area (Å²) in [6.07, 6.45) is -4.86. The average Bonchev–Trinajstić information content (AvgIpc) is 2.09. The highest BCUT2D eigenvalue weighted by molar-refractivity contribution is 5.79. The van der Waals surface area contributed by atoms with Gasteiger partial charge in [-0.2, -0.15) is 13.2 Å². The molecule has 0 aliphatic rings. The van der Waals surface area contributed by atoms with E-state index in [1.807, 2.05) is 31.2 Å². The maximum Gasteiger partial charge on any atom is 0.470 e. The number of aryl methyl sites for hydroxylation is 1. The molecule has 1 amide bonds. The Morgan fingerprint density at radius 3 is 1.73 bits per heavy atom. The zero-order chi connectivity index (χ0) is 12.1. The predicted molar refractivity (Wildman–Crippen MR) is 50.8 cm³/mol. The maximum atomic E-state index is 10.7. The van der Waals surface area contributed by atoms with Crippen molar-refractivity contribution in [3.63, 3.8) is 0 Å². The number of hydrogen-bond acceptors (Lipinski definition) is 2. The Labute approximate surface area is 84.9 Å². The Morgan fingerprint density at radius 1 is 1.20 bits per heavy atom. The van der Waals surface area contributed by atoms with E-state index in [0.717, 1.165) is 5.69 Å². The fourth-order valence-electron chi connectivity index (χ4n) is 0.566. The number of primary amides is 1. The van der Waals surface area contributed by atoms with Crippen LogP contribution >= 0.6 is 0 Å². The van der Waals surface area contributed by atoms with Gasteiger partial charge in [-0.1, -0.05) is 17.7 Å². The van der Waals surface area contributed by atoms with E-state index in [1.165, 1.54) is 5.56 Å². The number of halogens is 3. The second-order valence-electron chi connectivity index (χ2n) is 2.77. The molecule has 15 heavy (non-hydrogen) atoms. The van der Waals surface area contributed by atoms with Crippen LogP contribution < -0.4 is 11.5 Å². The summed E-state index contributed by atoms with van der Waals surface area (Å²) in [7, 11) is 0. The van der Waals surface area contributed by atoms with Gasteiger partial charge in [0.1, 0.15) is 0 Å². The van der Waals surface area contributed by atoms with E-state index in [-0.39, 0.29) is 0 Å². The number of nitrogen functional groups attached to an aromatic ring is 1. The van der Waals surface area contributed by atoms with Gasteiger partial charge in [0, 0.05) is 5.69 Å². The molecular formula is C9H11F3N2O. The van der Waals surface area contributed by atoms with Crippen molar-refractivity contribution >= 4 is 11.6 Å². The lowest BCUT2D eigenvalue weighted by atomic mass is 10.2. The molecule has 0 aliphatic carbocycles. The molecule has 3 nitrogen and oxygen atoms in total. The standard InChI is InChI=1S/C7H9N.C2H2F3NO/c1-6-2-4-7(8)5-3-6;3-2(4,5)1(6)7/h2-5H,8H2,1H3;(H2,6,7). The van der Waals surface area contributed by atoms with Crippen molar-refractivity contribution in [3.05, 3.63) is 29.8 Å². The van der Waals surface area contributed by atoms with E-state index in [1.54, 1.807) is 0 Å². The molecule has 0 aliphatic heterocycles. The van der Waals surface area contributed by atoms with Crippen LogP contribution in [0.1, 0.15) is 5.56 Å². The summed E-state index contributed by atoms with van der Waals surface area (Å²) in [6.45, 7) is 2.04. The molecule has 0 atom stereocenters. The van der Waals surface area contributed by atoms with Gasteiger partial charge in [0.05, 0.1) is 0 Å². The molecule has 0 fully saturated rings. The largest absolute Gasteiger partial charge is 0.470 e. The van der Waals surface area contributed by atoms with Gasteiger partial charge < -0.3 is 11.5 Å². The van der Waals surface area contributed by atoms with E-state index in [4.69, 9.17) is 10.5 Å². The van der Waals surface area contributed by atoms with Crippen molar-refractivity contribution in [2.75, 3.05) is 5.73 Å². The van der Waals surface area contributed by atoms with Gasteiger partial charge in [-0.15, -0.1) is 0 Å². The van der Waals surface area contributed by atoms with Crippen molar-refractivity contribution in [1.29, 1.82) is 0 Å². The van der Waals surface area contributed by atoms with Crippen molar-refractivity contribution in [1.82, 2.24) is 0 Å². The molecule has 0 saturated carbocycles. The van der Waals surface area contributed by atoms with Crippen LogP contribution in [-0.2, 0) is 4.79 Å². The van der Waals surface area contributed by atoms with Gasteiger partial charge >= 0.3 is 12.1 Å². The number of carbonyl (C=O) groups excluding carboxylic acids is 1. The van der Waals surface area contributed by atoms with Gasteiger partial charge in [0.2, 0.25) is 0 Å². The first kappa shape index (κ1) is 13.3. The minimum Gasteiger partial charge on any atom is -0.399 e. The molecule has 1 aromatic carbocycles. The highest BCUT2D eigenvalue weighted by Gasteiger charge is 2.35. The molecule has 0 heterocycles. The van der Waals surface area contributed by atoms with Crippen LogP contribution in [-0.4, -0.2) is 12.1 Å². The average molecular weight is 220 g/mol. The summed E-state index contributed by atoms with van der Waals surface area (Å²) in [5.74, 6) is -2.26. The Hall–Kier alpha value is -1.72. The van der Waals surface area contributed by atoms with Crippen LogP contribution in [0.2, 0.25) is 0 Å². The molecule has 84 valence electrons. The Morgan fingerprint density at radius 2 is 1.53 bits per heavy atom. The third-order valence-corrected chi connectivity index (χ3v) is 1.36. The fraction of sp³-hybridized carbons (Fsp3) is 0.222. The predicted octanol–water partition coefficient (Wildman–Crippen LogP) is 1.61. The number of rotatable bonds is 0. The molecule has 0 aromatic heterocycles. The minimum atomic E-state index is -4.86. The summed E-state index contributed by atoms with van der Waals surface area (Å²) in [5, 5.41) is 0. The van der Waals surface area contributed by atoms with Crippen molar-refractivity contribution < 1.29 is 18.0 Å². The van der Waals surface area contributed by atoms with E-state index in [2.05, 4.69) is 5.73 Å². The molecular weight excluding hydrogens is 209 g/mol. The summed E-state index contributed by atoms with van der Waals surface area (Å²) in [5.41, 5.74) is 11.3. The maximum absolute atomic E-state index is 10.7. The van der Waals surface area contributed by atoms with Crippen LogP contribution in [0.3, 0.4) is 0 Å². The second-order valence-corrected chi connectivity index (χ2v) is 2.77. The van der Waals surface area contributed by atoms with Gasteiger partial charge in [-0.05, 0) is 19.1 Å². The van der Waals surface area contributed by atoms with Gasteiger partial charge in [-0.25, -0.2) is 0 Å². The smallest absolute Gasteiger partial charge is 0.399 e. The molecule has 0 radical (unpaired) electrons. The van der Waals surface area contributed by atoms with Crippen molar-refractivity contribution in [2.24, 2.45) is 5.73 Å². The number of carbonyl (C=O) groups is 1. The number of benzene rings is 1. The third kappa shape index (κ3) is 6.36. The number of nitrogens with two attached hydrogens (primary N) is 2. The summed E-state index contributed by atoms with van der Waals surface area (Å²) in [4.78, 5) is 9.12. The van der Waals surface area contributed by atoms with Gasteiger partial charge in [-0.3, -0.25) is 4.79 Å². The highest BCUT2D eigenvalue weighted by atomic mass is 19.4. The van der Waals surface area contributed by atoms with E-state index < -0.39 is 12.1 Å². The summed E-state index contributed by atoms with van der Waals surface area (Å²) < 4.78 is 32.1. The van der Waals surface area contributed by atoms with Crippen LogP contribution in [0.25, 0.3) is 0 Å². The van der Waals surface area contributed by atoms with Crippen LogP contribution in [0, 0.1) is 6.92 Å². The lowest BCUT2D eigenvalue weighted by Gasteiger charge is -1.95. The van der Waals surface area contributed by atoms with Crippen LogP contribution in [0.5, 0.6) is 0 Å². The first-order valence-corrected chi connectivity index (χ1v) is 3.92. The zero-order valence-electron chi connectivity index (χ0n) is 8.01. The highest BCUT2D eigenvalue weighted by Crippen LogP contribution is 2.11. The number of alkyl halides is 3. The normalized spacial score (nSPS) is 10.1. The Bertz CT molecular complexity index is 298. The minimum absolute atomic E-state index is 0.829. The zero-order valence-corrected chi connectivity index (χ0v) is 8.01. The van der Waals surface area contributed by atoms with E-state index >= 15 is 0 Å². The number of amides is 1. The van der Waals surface area contributed by atoms with Gasteiger partial charge in [0.15, 0.2) is 0 Å². The van der Waals surface area contributed by atoms with E-state index in [9.17, 15) is 13.2 Å². The molecule has 1 rings (SSSR count). The molecule has 0 bridgehead atoms. The number of hydrogen-bond donors (Lipinski definition) is 2. The van der Waals surface area contributed by atoms with Crippen LogP contribution in [0.15, 0.2) is 24.3 Å². The fourth-order valence-corrected chi connectivity index (χ4v) is 0.566. The van der Waals surface area contributed by atoms with E-state index in [0.29, 0.717) is 0 Å². The summed E-state index contributed by atoms with van der Waals surface area (Å²) in [6, 6.07) is 7.79. The molecule has 0 saturated heterocycles. The first-order valence-electron chi connectivity index (χ1n) is 3.92. The first-order chi connectivity index (χ1) is 6.73. The van der Waals surface area contributed by atoms with Gasteiger partial charge in [0.25, 0.3) is 0 Å².